The Morgan fingerprint density at radius 2 is 1.14 bits per heavy atom. The van der Waals surface area contributed by atoms with E-state index in [1.807, 2.05) is 6.07 Å². The van der Waals surface area contributed by atoms with Gasteiger partial charge in [-0.15, -0.1) is 0 Å². The third-order valence-corrected chi connectivity index (χ3v) is 8.59. The maximum Gasteiger partial charge on any atom is 0.146 e. The van der Waals surface area contributed by atoms with Crippen LogP contribution >= 0.6 is 0 Å². The molecule has 3 heteroatoms. The third-order valence-electron chi connectivity index (χ3n) is 8.59. The smallest absolute Gasteiger partial charge is 0.146 e. The maximum atomic E-state index is 5.20. The Balaban J connectivity index is 1.24. The van der Waals surface area contributed by atoms with E-state index in [1.165, 1.54) is 32.7 Å². The van der Waals surface area contributed by atoms with Gasteiger partial charge < -0.3 is 4.40 Å². The van der Waals surface area contributed by atoms with E-state index in [1.54, 1.807) is 0 Å². The second-order valence-electron chi connectivity index (χ2n) is 11.1. The van der Waals surface area contributed by atoms with E-state index in [0.717, 1.165) is 49.8 Å². The van der Waals surface area contributed by atoms with Crippen LogP contribution in [0.4, 0.5) is 0 Å². The molecule has 3 nitrogen and oxygen atoms in total. The van der Waals surface area contributed by atoms with Gasteiger partial charge in [0.25, 0.3) is 0 Å². The normalized spacial score (nSPS) is 11.7. The number of aromatic nitrogens is 3. The molecule has 0 fully saturated rings. The van der Waals surface area contributed by atoms with Gasteiger partial charge in [-0.25, -0.2) is 9.97 Å². The largest absolute Gasteiger partial charge is 0.306 e. The van der Waals surface area contributed by atoms with Gasteiger partial charge in [-0.1, -0.05) is 121 Å². The molecule has 9 aromatic rings. The number of fused-ring (bicyclic) bond motifs is 8. The summed E-state index contributed by atoms with van der Waals surface area (Å²) in [4.78, 5) is 10.3. The second kappa shape index (κ2) is 9.37. The van der Waals surface area contributed by atoms with Crippen molar-refractivity contribution in [2.24, 2.45) is 0 Å². The van der Waals surface area contributed by atoms with Crippen LogP contribution in [-0.4, -0.2) is 14.4 Å². The summed E-state index contributed by atoms with van der Waals surface area (Å²) in [5, 5.41) is 8.40. The highest BCUT2D eigenvalue weighted by atomic mass is 15.0. The van der Waals surface area contributed by atoms with Crippen LogP contribution in [-0.2, 0) is 0 Å². The summed E-state index contributed by atoms with van der Waals surface area (Å²) in [5.41, 5.74) is 8.46. The average Bonchev–Trinajstić information content (AvgIpc) is 3.53. The second-order valence-corrected chi connectivity index (χ2v) is 11.1. The van der Waals surface area contributed by atoms with Crippen LogP contribution in [0.2, 0.25) is 0 Å². The monoisotopic (exact) mass is 547 g/mol. The first kappa shape index (κ1) is 23.9. The minimum Gasteiger partial charge on any atom is -0.306 e. The lowest BCUT2D eigenvalue weighted by Crippen LogP contribution is -1.93. The molecule has 6 aromatic carbocycles. The van der Waals surface area contributed by atoms with Crippen molar-refractivity contribution >= 4 is 48.9 Å². The van der Waals surface area contributed by atoms with Crippen LogP contribution in [0, 0.1) is 0 Å². The molecule has 0 saturated heterocycles. The zero-order valence-corrected chi connectivity index (χ0v) is 23.3. The molecule has 0 aliphatic carbocycles. The van der Waals surface area contributed by atoms with Crippen molar-refractivity contribution in [1.29, 1.82) is 0 Å². The minimum absolute atomic E-state index is 0.940. The molecule has 3 aromatic heterocycles. The van der Waals surface area contributed by atoms with E-state index in [2.05, 4.69) is 150 Å². The van der Waals surface area contributed by atoms with Gasteiger partial charge >= 0.3 is 0 Å². The molecule has 0 aliphatic heterocycles. The molecule has 0 N–H and O–H groups in total. The standard InChI is InChI=1S/C40H25N3/c1-2-10-27(11-3-1)37-25-43-23-22-34-38(40(43)42-37)33-16-8-9-17-36(33)41-39(34)28-20-18-26(19-21-28)35-24-29-12-4-5-13-30(29)31-14-6-7-15-32(31)35/h1-25H. The summed E-state index contributed by atoms with van der Waals surface area (Å²) < 4.78 is 2.13. The summed E-state index contributed by atoms with van der Waals surface area (Å²) in [6.07, 6.45) is 4.22. The number of pyridine rings is 2. The molecule has 0 spiro atoms. The topological polar surface area (TPSA) is 30.2 Å². The van der Waals surface area contributed by atoms with Crippen LogP contribution in [0.5, 0.6) is 0 Å². The van der Waals surface area contributed by atoms with Crippen molar-refractivity contribution in [3.05, 3.63) is 152 Å². The SMILES string of the molecule is c1ccc(-c2cn3ccc4c(-c5ccc(-c6cc7ccccc7c7ccccc67)cc5)nc5ccccc5c4c3n2)cc1. The molecule has 0 amide bonds. The lowest BCUT2D eigenvalue weighted by molar-refractivity contribution is 1.20. The Morgan fingerprint density at radius 1 is 0.465 bits per heavy atom. The fraction of sp³-hybridized carbons (Fsp3) is 0. The molecule has 3 heterocycles. The lowest BCUT2D eigenvalue weighted by Gasteiger charge is -2.13. The first-order chi connectivity index (χ1) is 21.3. The fourth-order valence-corrected chi connectivity index (χ4v) is 6.55. The lowest BCUT2D eigenvalue weighted by atomic mass is 9.92. The van der Waals surface area contributed by atoms with Gasteiger partial charge in [0.2, 0.25) is 0 Å². The van der Waals surface area contributed by atoms with Gasteiger partial charge in [0.05, 0.1) is 16.9 Å². The van der Waals surface area contributed by atoms with Crippen molar-refractivity contribution in [1.82, 2.24) is 14.4 Å². The zero-order chi connectivity index (χ0) is 28.3. The number of imidazole rings is 1. The van der Waals surface area contributed by atoms with E-state index in [9.17, 15) is 0 Å². The maximum absolute atomic E-state index is 5.20. The molecule has 0 aliphatic rings. The van der Waals surface area contributed by atoms with Crippen molar-refractivity contribution in [2.75, 3.05) is 0 Å². The minimum atomic E-state index is 0.940. The Morgan fingerprint density at radius 3 is 1.98 bits per heavy atom. The van der Waals surface area contributed by atoms with E-state index in [-0.39, 0.29) is 0 Å². The molecule has 43 heavy (non-hydrogen) atoms. The van der Waals surface area contributed by atoms with Crippen LogP contribution in [0.25, 0.3) is 82.5 Å². The molecule has 200 valence electrons. The van der Waals surface area contributed by atoms with Crippen LogP contribution in [0.3, 0.4) is 0 Å². The van der Waals surface area contributed by atoms with E-state index in [4.69, 9.17) is 9.97 Å². The van der Waals surface area contributed by atoms with Crippen molar-refractivity contribution < 1.29 is 0 Å². The van der Waals surface area contributed by atoms with Crippen LogP contribution in [0.15, 0.2) is 152 Å². The highest BCUT2D eigenvalue weighted by Crippen LogP contribution is 2.38. The molecule has 0 radical (unpaired) electrons. The summed E-state index contributed by atoms with van der Waals surface area (Å²) in [6, 6.07) is 49.4. The van der Waals surface area contributed by atoms with E-state index < -0.39 is 0 Å². The number of hydrogen-bond donors (Lipinski definition) is 0. The summed E-state index contributed by atoms with van der Waals surface area (Å²) >= 11 is 0. The molecule has 0 saturated carbocycles. The van der Waals surface area contributed by atoms with Gasteiger partial charge in [0.1, 0.15) is 5.65 Å². The molecule has 0 unspecified atom stereocenters. The zero-order valence-electron chi connectivity index (χ0n) is 23.3. The van der Waals surface area contributed by atoms with Crippen LogP contribution in [0.1, 0.15) is 0 Å². The Bertz CT molecular complexity index is 2490. The number of benzene rings is 6. The number of hydrogen-bond acceptors (Lipinski definition) is 2. The molecule has 0 bridgehead atoms. The number of para-hydroxylation sites is 1. The highest BCUT2D eigenvalue weighted by molar-refractivity contribution is 6.17. The third kappa shape index (κ3) is 3.75. The number of rotatable bonds is 3. The van der Waals surface area contributed by atoms with Gasteiger partial charge in [-0.05, 0) is 50.9 Å². The predicted octanol–water partition coefficient (Wildman–Crippen LogP) is 10.3. The van der Waals surface area contributed by atoms with E-state index in [0.29, 0.717) is 0 Å². The van der Waals surface area contributed by atoms with Gasteiger partial charge in [-0.2, -0.15) is 0 Å². The first-order valence-electron chi connectivity index (χ1n) is 14.6. The molecular weight excluding hydrogens is 522 g/mol. The van der Waals surface area contributed by atoms with Gasteiger partial charge in [0, 0.05) is 39.7 Å². The molecular formula is C40H25N3. The first-order valence-corrected chi connectivity index (χ1v) is 14.6. The van der Waals surface area contributed by atoms with Crippen molar-refractivity contribution in [3.8, 4) is 33.6 Å². The van der Waals surface area contributed by atoms with E-state index >= 15 is 0 Å². The Labute approximate surface area is 248 Å². The Kier molecular flexibility index (Phi) is 5.20. The summed E-state index contributed by atoms with van der Waals surface area (Å²) in [7, 11) is 0. The highest BCUT2D eigenvalue weighted by Gasteiger charge is 2.16. The van der Waals surface area contributed by atoms with Crippen molar-refractivity contribution in [2.45, 2.75) is 0 Å². The summed E-state index contributed by atoms with van der Waals surface area (Å²) in [5.74, 6) is 0. The Hall–Kier alpha value is -5.80. The quantitative estimate of drug-likeness (QED) is 0.206. The number of nitrogens with zero attached hydrogens (tertiary/aromatic N) is 3. The average molecular weight is 548 g/mol. The summed E-state index contributed by atoms with van der Waals surface area (Å²) in [6.45, 7) is 0. The van der Waals surface area contributed by atoms with Crippen molar-refractivity contribution in [3.63, 3.8) is 0 Å². The molecule has 9 rings (SSSR count). The fourth-order valence-electron chi connectivity index (χ4n) is 6.55. The predicted molar refractivity (Wildman–Crippen MR) is 179 cm³/mol. The van der Waals surface area contributed by atoms with Crippen LogP contribution < -0.4 is 0 Å². The van der Waals surface area contributed by atoms with Gasteiger partial charge in [-0.3, -0.25) is 0 Å². The molecule has 0 atom stereocenters. The van der Waals surface area contributed by atoms with Gasteiger partial charge in [0.15, 0.2) is 0 Å².